The molecule has 0 amide bonds. The molecular formula is C25H20ClFNO3+. The highest BCUT2D eigenvalue weighted by molar-refractivity contribution is 6.31. The Bertz CT molecular complexity index is 1330. The van der Waals surface area contributed by atoms with Crippen molar-refractivity contribution in [2.45, 2.75) is 20.0 Å². The lowest BCUT2D eigenvalue weighted by molar-refractivity contribution is -0.945. The van der Waals surface area contributed by atoms with Crippen LogP contribution in [-0.2, 0) is 13.1 Å². The average molecular weight is 437 g/mol. The van der Waals surface area contributed by atoms with Crippen molar-refractivity contribution < 1.29 is 18.4 Å². The monoisotopic (exact) mass is 436 g/mol. The number of ether oxygens (including phenoxy) is 1. The van der Waals surface area contributed by atoms with E-state index < -0.39 is 5.63 Å². The number of rotatable bonds is 3. The van der Waals surface area contributed by atoms with Crippen LogP contribution in [0.15, 0.2) is 69.9 Å². The molecule has 0 fully saturated rings. The van der Waals surface area contributed by atoms with Gasteiger partial charge in [0, 0.05) is 22.6 Å². The molecule has 31 heavy (non-hydrogen) atoms. The molecule has 1 aliphatic heterocycles. The van der Waals surface area contributed by atoms with Crippen LogP contribution < -0.4 is 15.3 Å². The lowest BCUT2D eigenvalue weighted by Crippen LogP contribution is -3.11. The molecule has 0 bridgehead atoms. The molecule has 1 unspecified atom stereocenters. The molecule has 0 spiro atoms. The van der Waals surface area contributed by atoms with E-state index in [-0.39, 0.29) is 5.82 Å². The standard InChI is InChI=1S/C25H19ClFNO3/c1-15-24-17(12-28(14-30-24)13-20-21(26)8-5-9-22(20)27)10-19-18(11-23(29)31-25(15)19)16-6-3-2-4-7-16/h2-11H,12-14H2,1H3/p+1. The van der Waals surface area contributed by atoms with Gasteiger partial charge in [-0.3, -0.25) is 4.90 Å². The highest BCUT2D eigenvalue weighted by Crippen LogP contribution is 2.36. The maximum atomic E-state index is 14.3. The Morgan fingerprint density at radius 1 is 1.10 bits per heavy atom. The number of fused-ring (bicyclic) bond motifs is 2. The molecule has 4 nitrogen and oxygen atoms in total. The van der Waals surface area contributed by atoms with E-state index in [2.05, 4.69) is 0 Å². The molecule has 6 heteroatoms. The first-order valence-corrected chi connectivity index (χ1v) is 10.4. The van der Waals surface area contributed by atoms with Crippen molar-refractivity contribution in [1.29, 1.82) is 0 Å². The van der Waals surface area contributed by atoms with Crippen LogP contribution in [-0.4, -0.2) is 6.73 Å². The highest BCUT2D eigenvalue weighted by Gasteiger charge is 2.27. The maximum absolute atomic E-state index is 14.3. The molecule has 0 radical (unpaired) electrons. The van der Waals surface area contributed by atoms with E-state index in [1.54, 1.807) is 12.1 Å². The van der Waals surface area contributed by atoms with Gasteiger partial charge in [-0.2, -0.15) is 0 Å². The Hall–Kier alpha value is -3.15. The summed E-state index contributed by atoms with van der Waals surface area (Å²) in [6, 6.07) is 18.0. The van der Waals surface area contributed by atoms with Gasteiger partial charge in [-0.1, -0.05) is 48.0 Å². The highest BCUT2D eigenvalue weighted by atomic mass is 35.5. The van der Waals surface area contributed by atoms with Gasteiger partial charge in [0.1, 0.15) is 30.2 Å². The van der Waals surface area contributed by atoms with E-state index in [0.717, 1.165) is 38.3 Å². The molecule has 1 N–H and O–H groups in total. The number of benzene rings is 3. The molecule has 0 saturated heterocycles. The normalized spacial score (nSPS) is 15.5. The van der Waals surface area contributed by atoms with Crippen LogP contribution in [0.25, 0.3) is 22.1 Å². The summed E-state index contributed by atoms with van der Waals surface area (Å²) in [7, 11) is 0. The molecular weight excluding hydrogens is 417 g/mol. The fourth-order valence-corrected chi connectivity index (χ4v) is 4.49. The van der Waals surface area contributed by atoms with E-state index in [1.165, 1.54) is 12.1 Å². The zero-order chi connectivity index (χ0) is 21.5. The number of nitrogens with one attached hydrogen (secondary N) is 1. The fourth-order valence-electron chi connectivity index (χ4n) is 4.26. The first kappa shape index (κ1) is 19.8. The van der Waals surface area contributed by atoms with Gasteiger partial charge in [-0.05, 0) is 36.2 Å². The zero-order valence-corrected chi connectivity index (χ0v) is 17.6. The Morgan fingerprint density at radius 3 is 2.68 bits per heavy atom. The summed E-state index contributed by atoms with van der Waals surface area (Å²) in [4.78, 5) is 13.3. The van der Waals surface area contributed by atoms with Crippen LogP contribution in [0.2, 0.25) is 5.02 Å². The van der Waals surface area contributed by atoms with Gasteiger partial charge in [-0.25, -0.2) is 9.18 Å². The summed E-state index contributed by atoms with van der Waals surface area (Å²) in [5.74, 6) is 0.415. The number of hydrogen-bond acceptors (Lipinski definition) is 3. The predicted octanol–water partition coefficient (Wildman–Crippen LogP) is 4.50. The first-order valence-electron chi connectivity index (χ1n) is 10.1. The second kappa shape index (κ2) is 7.84. The quantitative estimate of drug-likeness (QED) is 0.481. The summed E-state index contributed by atoms with van der Waals surface area (Å²) >= 11 is 6.22. The molecule has 4 aromatic rings. The van der Waals surface area contributed by atoms with Crippen LogP contribution in [0.5, 0.6) is 5.75 Å². The Balaban J connectivity index is 1.59. The van der Waals surface area contributed by atoms with Crippen molar-refractivity contribution in [3.05, 3.63) is 98.6 Å². The van der Waals surface area contributed by atoms with Crippen LogP contribution in [0, 0.1) is 12.7 Å². The summed E-state index contributed by atoms with van der Waals surface area (Å²) in [5, 5.41) is 1.27. The smallest absolute Gasteiger partial charge is 0.336 e. The van der Waals surface area contributed by atoms with Gasteiger partial charge in [0.25, 0.3) is 0 Å². The second-order valence-electron chi connectivity index (χ2n) is 7.80. The number of aryl methyl sites for hydroxylation is 1. The van der Waals surface area contributed by atoms with Crippen LogP contribution >= 0.6 is 11.6 Å². The molecule has 5 rings (SSSR count). The summed E-state index contributed by atoms with van der Waals surface area (Å²) in [5.41, 5.74) is 4.17. The minimum atomic E-state index is -0.397. The Kier molecular flexibility index (Phi) is 5.00. The minimum Gasteiger partial charge on any atom is -0.444 e. The van der Waals surface area contributed by atoms with Crippen LogP contribution in [0.4, 0.5) is 4.39 Å². The number of halogens is 2. The fraction of sp³-hybridized carbons (Fsp3) is 0.160. The Morgan fingerprint density at radius 2 is 1.90 bits per heavy atom. The average Bonchev–Trinajstić information content (AvgIpc) is 2.77. The molecule has 1 aromatic heterocycles. The van der Waals surface area contributed by atoms with Gasteiger partial charge in [0.05, 0.1) is 10.6 Å². The second-order valence-corrected chi connectivity index (χ2v) is 8.21. The van der Waals surface area contributed by atoms with Gasteiger partial charge >= 0.3 is 5.63 Å². The molecule has 1 aliphatic rings. The van der Waals surface area contributed by atoms with Crippen LogP contribution in [0.3, 0.4) is 0 Å². The van der Waals surface area contributed by atoms with E-state index in [1.807, 2.05) is 43.3 Å². The van der Waals surface area contributed by atoms with Gasteiger partial charge in [0.15, 0.2) is 0 Å². The lowest BCUT2D eigenvalue weighted by atomic mass is 9.97. The van der Waals surface area contributed by atoms with E-state index in [0.29, 0.717) is 36.0 Å². The van der Waals surface area contributed by atoms with Gasteiger partial charge in [-0.15, -0.1) is 0 Å². The molecule has 1 atom stereocenters. The molecule has 3 aromatic carbocycles. The van der Waals surface area contributed by atoms with Crippen molar-refractivity contribution in [3.8, 4) is 16.9 Å². The SMILES string of the molecule is Cc1c2c(cc3c(-c4ccccc4)cc(=O)oc13)C[NH+](Cc1c(F)cccc1Cl)CO2. The lowest BCUT2D eigenvalue weighted by Gasteiger charge is -2.28. The third-order valence-electron chi connectivity index (χ3n) is 5.73. The van der Waals surface area contributed by atoms with Crippen molar-refractivity contribution in [2.24, 2.45) is 0 Å². The molecule has 2 heterocycles. The third kappa shape index (κ3) is 3.60. The number of quaternary nitrogens is 1. The summed E-state index contributed by atoms with van der Waals surface area (Å²) < 4.78 is 25.9. The van der Waals surface area contributed by atoms with E-state index >= 15 is 0 Å². The van der Waals surface area contributed by atoms with Crippen molar-refractivity contribution in [3.63, 3.8) is 0 Å². The van der Waals surface area contributed by atoms with Crippen molar-refractivity contribution in [2.75, 3.05) is 6.73 Å². The summed E-state index contributed by atoms with van der Waals surface area (Å²) in [6.45, 7) is 3.33. The van der Waals surface area contributed by atoms with Crippen LogP contribution in [0.1, 0.15) is 16.7 Å². The molecule has 156 valence electrons. The maximum Gasteiger partial charge on any atom is 0.336 e. The number of hydrogen-bond donors (Lipinski definition) is 1. The third-order valence-corrected chi connectivity index (χ3v) is 6.08. The van der Waals surface area contributed by atoms with Gasteiger partial charge in [0.2, 0.25) is 6.73 Å². The summed E-state index contributed by atoms with van der Waals surface area (Å²) in [6.07, 6.45) is 0. The molecule has 0 saturated carbocycles. The van der Waals surface area contributed by atoms with E-state index in [9.17, 15) is 9.18 Å². The predicted molar refractivity (Wildman–Crippen MR) is 118 cm³/mol. The molecule has 0 aliphatic carbocycles. The van der Waals surface area contributed by atoms with Crippen molar-refractivity contribution >= 4 is 22.6 Å². The minimum absolute atomic E-state index is 0.311. The van der Waals surface area contributed by atoms with Gasteiger partial charge < -0.3 is 9.15 Å². The zero-order valence-electron chi connectivity index (χ0n) is 16.9. The Labute approximate surface area is 183 Å². The first-order chi connectivity index (χ1) is 15.0. The largest absolute Gasteiger partial charge is 0.444 e. The van der Waals surface area contributed by atoms with Crippen molar-refractivity contribution in [1.82, 2.24) is 0 Å². The topological polar surface area (TPSA) is 43.9 Å². The van der Waals surface area contributed by atoms with E-state index in [4.69, 9.17) is 20.8 Å².